The van der Waals surface area contributed by atoms with Gasteiger partial charge in [0.2, 0.25) is 0 Å². The molecule has 2 aromatic rings. The summed E-state index contributed by atoms with van der Waals surface area (Å²) in [5.74, 6) is 0. The first-order valence-electron chi connectivity index (χ1n) is 6.19. The van der Waals surface area contributed by atoms with Gasteiger partial charge in [-0.25, -0.2) is 4.98 Å². The third-order valence-corrected chi connectivity index (χ3v) is 3.63. The minimum Gasteiger partial charge on any atom is -0.371 e. The van der Waals surface area contributed by atoms with Gasteiger partial charge in [0, 0.05) is 42.6 Å². The predicted molar refractivity (Wildman–Crippen MR) is 70.3 cm³/mol. The lowest BCUT2D eigenvalue weighted by Gasteiger charge is -2.32. The topological polar surface area (TPSA) is 57.9 Å². The van der Waals surface area contributed by atoms with Crippen molar-refractivity contribution in [1.82, 2.24) is 9.97 Å². The fraction of sp³-hybridized carbons (Fsp3) is 0.462. The van der Waals surface area contributed by atoms with Crippen LogP contribution in [0.15, 0.2) is 18.5 Å². The van der Waals surface area contributed by atoms with Crippen LogP contribution in [0.1, 0.15) is 18.4 Å². The van der Waals surface area contributed by atoms with Gasteiger partial charge >= 0.3 is 0 Å². The number of piperidine rings is 1. The number of aryl methyl sites for hydroxylation is 1. The molecular formula is C13H18N4. The zero-order valence-corrected chi connectivity index (χ0v) is 10.1. The molecule has 1 saturated heterocycles. The van der Waals surface area contributed by atoms with E-state index < -0.39 is 0 Å². The second-order valence-electron chi connectivity index (χ2n) is 4.85. The Labute approximate surface area is 101 Å². The van der Waals surface area contributed by atoms with Gasteiger partial charge in [-0.15, -0.1) is 0 Å². The normalized spacial score (nSPS) is 17.9. The van der Waals surface area contributed by atoms with E-state index in [4.69, 9.17) is 5.73 Å². The molecule has 0 aromatic carbocycles. The van der Waals surface area contributed by atoms with Crippen LogP contribution in [0.3, 0.4) is 0 Å². The van der Waals surface area contributed by atoms with Gasteiger partial charge < -0.3 is 15.6 Å². The number of H-pyrrole nitrogens is 1. The quantitative estimate of drug-likeness (QED) is 0.785. The van der Waals surface area contributed by atoms with E-state index in [9.17, 15) is 0 Å². The summed E-state index contributed by atoms with van der Waals surface area (Å²) in [5.41, 5.74) is 9.49. The number of aromatic amines is 1. The van der Waals surface area contributed by atoms with Crippen LogP contribution in [0, 0.1) is 6.92 Å². The van der Waals surface area contributed by atoms with Crippen molar-refractivity contribution in [2.45, 2.75) is 25.8 Å². The first-order chi connectivity index (χ1) is 8.25. The number of aromatic nitrogens is 2. The Kier molecular flexibility index (Phi) is 2.52. The molecule has 0 saturated carbocycles. The van der Waals surface area contributed by atoms with E-state index in [-0.39, 0.29) is 0 Å². The van der Waals surface area contributed by atoms with Crippen molar-refractivity contribution < 1.29 is 0 Å². The maximum Gasteiger partial charge on any atom is 0.139 e. The molecular weight excluding hydrogens is 212 g/mol. The van der Waals surface area contributed by atoms with E-state index in [0.717, 1.165) is 31.6 Å². The number of nitrogens with one attached hydrogen (secondary N) is 1. The van der Waals surface area contributed by atoms with Crippen molar-refractivity contribution in [1.29, 1.82) is 0 Å². The van der Waals surface area contributed by atoms with Crippen molar-refractivity contribution in [2.24, 2.45) is 5.73 Å². The van der Waals surface area contributed by atoms with Gasteiger partial charge in [-0.1, -0.05) is 0 Å². The first kappa shape index (κ1) is 10.6. The SMILES string of the molecule is Cc1c[nH]c2nccc(N3CCC(N)CC3)c12. The minimum absolute atomic E-state index is 0.371. The Morgan fingerprint density at radius 3 is 2.94 bits per heavy atom. The third-order valence-electron chi connectivity index (χ3n) is 3.63. The zero-order chi connectivity index (χ0) is 11.8. The average molecular weight is 230 g/mol. The fourth-order valence-corrected chi connectivity index (χ4v) is 2.60. The number of nitrogens with two attached hydrogens (primary N) is 1. The summed E-state index contributed by atoms with van der Waals surface area (Å²) >= 11 is 0. The van der Waals surface area contributed by atoms with Crippen LogP contribution in [-0.2, 0) is 0 Å². The number of hydrogen-bond donors (Lipinski definition) is 2. The van der Waals surface area contributed by atoms with Crippen LogP contribution >= 0.6 is 0 Å². The van der Waals surface area contributed by atoms with Crippen LogP contribution in [-0.4, -0.2) is 29.1 Å². The summed E-state index contributed by atoms with van der Waals surface area (Å²) < 4.78 is 0. The van der Waals surface area contributed by atoms with Gasteiger partial charge in [0.1, 0.15) is 5.65 Å². The van der Waals surface area contributed by atoms with Crippen molar-refractivity contribution in [3.8, 4) is 0 Å². The van der Waals surface area contributed by atoms with Gasteiger partial charge in [-0.2, -0.15) is 0 Å². The molecule has 0 bridgehead atoms. The molecule has 17 heavy (non-hydrogen) atoms. The lowest BCUT2D eigenvalue weighted by Crippen LogP contribution is -2.39. The number of anilines is 1. The number of hydrogen-bond acceptors (Lipinski definition) is 3. The molecule has 0 aliphatic carbocycles. The molecule has 4 heteroatoms. The highest BCUT2D eigenvalue weighted by Gasteiger charge is 2.19. The fourth-order valence-electron chi connectivity index (χ4n) is 2.60. The van der Waals surface area contributed by atoms with Crippen LogP contribution in [0.4, 0.5) is 5.69 Å². The Balaban J connectivity index is 2.02. The third kappa shape index (κ3) is 1.78. The molecule has 2 aromatic heterocycles. The summed E-state index contributed by atoms with van der Waals surface area (Å²) in [5, 5.41) is 1.25. The molecule has 3 rings (SSSR count). The summed E-state index contributed by atoms with van der Waals surface area (Å²) in [4.78, 5) is 10.0. The summed E-state index contributed by atoms with van der Waals surface area (Å²) in [6.07, 6.45) is 6.06. The summed E-state index contributed by atoms with van der Waals surface area (Å²) in [6, 6.07) is 2.48. The monoisotopic (exact) mass is 230 g/mol. The maximum absolute atomic E-state index is 5.95. The van der Waals surface area contributed by atoms with Crippen LogP contribution < -0.4 is 10.6 Å². The Bertz CT molecular complexity index is 523. The second-order valence-corrected chi connectivity index (χ2v) is 4.85. The van der Waals surface area contributed by atoms with Gasteiger partial charge in [0.25, 0.3) is 0 Å². The molecule has 0 unspecified atom stereocenters. The molecule has 1 aliphatic heterocycles. The molecule has 0 radical (unpaired) electrons. The van der Waals surface area contributed by atoms with Crippen LogP contribution in [0.5, 0.6) is 0 Å². The summed E-state index contributed by atoms with van der Waals surface area (Å²) in [6.45, 7) is 4.22. The van der Waals surface area contributed by atoms with E-state index in [1.807, 2.05) is 12.4 Å². The van der Waals surface area contributed by atoms with Crippen LogP contribution in [0.2, 0.25) is 0 Å². The Morgan fingerprint density at radius 2 is 2.18 bits per heavy atom. The van der Waals surface area contributed by atoms with E-state index in [1.54, 1.807) is 0 Å². The van der Waals surface area contributed by atoms with E-state index >= 15 is 0 Å². The molecule has 3 N–H and O–H groups in total. The van der Waals surface area contributed by atoms with Gasteiger partial charge in [-0.3, -0.25) is 0 Å². The molecule has 3 heterocycles. The lowest BCUT2D eigenvalue weighted by atomic mass is 10.0. The highest BCUT2D eigenvalue weighted by atomic mass is 15.1. The molecule has 1 fully saturated rings. The highest BCUT2D eigenvalue weighted by Crippen LogP contribution is 2.29. The molecule has 4 nitrogen and oxygen atoms in total. The maximum atomic E-state index is 5.95. The average Bonchev–Trinajstić information content (AvgIpc) is 2.73. The van der Waals surface area contributed by atoms with Gasteiger partial charge in [0.05, 0.1) is 0 Å². The van der Waals surface area contributed by atoms with E-state index in [2.05, 4.69) is 27.9 Å². The molecule has 1 aliphatic rings. The smallest absolute Gasteiger partial charge is 0.139 e. The van der Waals surface area contributed by atoms with Gasteiger partial charge in [0.15, 0.2) is 0 Å². The lowest BCUT2D eigenvalue weighted by molar-refractivity contribution is 0.502. The van der Waals surface area contributed by atoms with E-state index in [0.29, 0.717) is 6.04 Å². The highest BCUT2D eigenvalue weighted by molar-refractivity contribution is 5.92. The van der Waals surface area contributed by atoms with E-state index in [1.165, 1.54) is 16.6 Å². The van der Waals surface area contributed by atoms with Crippen molar-refractivity contribution in [2.75, 3.05) is 18.0 Å². The van der Waals surface area contributed by atoms with Crippen molar-refractivity contribution in [3.05, 3.63) is 24.0 Å². The Hall–Kier alpha value is -1.55. The summed E-state index contributed by atoms with van der Waals surface area (Å²) in [7, 11) is 0. The van der Waals surface area contributed by atoms with Crippen LogP contribution in [0.25, 0.3) is 11.0 Å². The molecule has 90 valence electrons. The largest absolute Gasteiger partial charge is 0.371 e. The number of fused-ring (bicyclic) bond motifs is 1. The van der Waals surface area contributed by atoms with Gasteiger partial charge in [-0.05, 0) is 31.4 Å². The Morgan fingerprint density at radius 1 is 1.41 bits per heavy atom. The molecule has 0 amide bonds. The van der Waals surface area contributed by atoms with Crippen molar-refractivity contribution in [3.63, 3.8) is 0 Å². The number of pyridine rings is 1. The first-order valence-corrected chi connectivity index (χ1v) is 6.19. The number of nitrogens with zero attached hydrogens (tertiary/aromatic N) is 2. The van der Waals surface area contributed by atoms with Crippen molar-refractivity contribution >= 4 is 16.7 Å². The number of rotatable bonds is 1. The minimum atomic E-state index is 0.371. The molecule has 0 atom stereocenters. The zero-order valence-electron chi connectivity index (χ0n) is 10.1. The molecule has 0 spiro atoms. The standard InChI is InChI=1S/C13H18N4/c1-9-8-16-13-12(9)11(2-5-15-13)17-6-3-10(14)4-7-17/h2,5,8,10H,3-4,6-7,14H2,1H3,(H,15,16). The second kappa shape index (κ2) is 4.04. The predicted octanol–water partition coefficient (Wildman–Crippen LogP) is 1.80.